The summed E-state index contributed by atoms with van der Waals surface area (Å²) in [6, 6.07) is 15.9. The molecule has 0 aromatic heterocycles. The van der Waals surface area contributed by atoms with Gasteiger partial charge in [-0.2, -0.15) is 0 Å². The van der Waals surface area contributed by atoms with Crippen LogP contribution in [0, 0.1) is 0 Å². The van der Waals surface area contributed by atoms with Crippen LogP contribution in [0.15, 0.2) is 48.5 Å². The van der Waals surface area contributed by atoms with E-state index in [0.717, 1.165) is 16.9 Å². The summed E-state index contributed by atoms with van der Waals surface area (Å²) in [5.41, 5.74) is 4.18. The van der Waals surface area contributed by atoms with Crippen LogP contribution in [0.2, 0.25) is 0 Å². The lowest BCUT2D eigenvalue weighted by Gasteiger charge is -2.19. The molecule has 0 aliphatic heterocycles. The Hall–Kier alpha value is -2.41. The highest BCUT2D eigenvalue weighted by Crippen LogP contribution is 2.25. The maximum atomic E-state index is 11.8. The lowest BCUT2D eigenvalue weighted by Crippen LogP contribution is -2.30. The van der Waals surface area contributed by atoms with Gasteiger partial charge in [-0.05, 0) is 40.8 Å². The first-order chi connectivity index (χ1) is 13.3. The topological polar surface area (TPSA) is 71.0 Å². The van der Waals surface area contributed by atoms with Crippen LogP contribution in [0.3, 0.4) is 0 Å². The zero-order valence-electron chi connectivity index (χ0n) is 17.1. The SMILES string of the molecule is COCCOCC(=O)N(O)Cc1ccc(Nc2ccc(C(C)(C)C)cc2)cc1. The highest BCUT2D eigenvalue weighted by Gasteiger charge is 2.13. The highest BCUT2D eigenvalue weighted by atomic mass is 16.5. The maximum absolute atomic E-state index is 11.8. The summed E-state index contributed by atoms with van der Waals surface area (Å²) in [6.45, 7) is 7.22. The molecule has 6 heteroatoms. The molecule has 6 nitrogen and oxygen atoms in total. The van der Waals surface area contributed by atoms with Gasteiger partial charge in [-0.15, -0.1) is 0 Å². The van der Waals surface area contributed by atoms with Crippen molar-refractivity contribution in [1.29, 1.82) is 0 Å². The summed E-state index contributed by atoms with van der Waals surface area (Å²) in [7, 11) is 1.56. The van der Waals surface area contributed by atoms with Crippen molar-refractivity contribution in [3.8, 4) is 0 Å². The van der Waals surface area contributed by atoms with Gasteiger partial charge >= 0.3 is 0 Å². The molecule has 2 N–H and O–H groups in total. The third-order valence-electron chi connectivity index (χ3n) is 4.27. The minimum Gasteiger partial charge on any atom is -0.382 e. The normalized spacial score (nSPS) is 11.3. The standard InChI is InChI=1S/C22H30N2O4/c1-22(2,3)18-7-11-20(12-8-18)23-19-9-5-17(6-10-19)15-24(26)21(25)16-28-14-13-27-4/h5-12,23,26H,13-16H2,1-4H3. The number of hydrogen-bond donors (Lipinski definition) is 2. The number of nitrogens with one attached hydrogen (secondary N) is 1. The van der Waals surface area contributed by atoms with Crippen molar-refractivity contribution in [1.82, 2.24) is 5.06 Å². The zero-order valence-corrected chi connectivity index (χ0v) is 17.1. The van der Waals surface area contributed by atoms with E-state index in [1.807, 2.05) is 24.3 Å². The number of rotatable bonds is 9. The number of anilines is 2. The molecule has 0 unspecified atom stereocenters. The van der Waals surface area contributed by atoms with Crippen molar-refractivity contribution in [2.24, 2.45) is 0 Å². The Morgan fingerprint density at radius 1 is 1.00 bits per heavy atom. The number of hydroxylamine groups is 2. The summed E-state index contributed by atoms with van der Waals surface area (Å²) >= 11 is 0. The molecule has 0 radical (unpaired) electrons. The van der Waals surface area contributed by atoms with Crippen LogP contribution >= 0.6 is 0 Å². The van der Waals surface area contributed by atoms with Crippen LogP contribution in [0.25, 0.3) is 0 Å². The Labute approximate surface area is 167 Å². The van der Waals surface area contributed by atoms with E-state index in [9.17, 15) is 10.0 Å². The Balaban J connectivity index is 1.86. The van der Waals surface area contributed by atoms with E-state index in [-0.39, 0.29) is 18.6 Å². The summed E-state index contributed by atoms with van der Waals surface area (Å²) < 4.78 is 9.96. The lowest BCUT2D eigenvalue weighted by molar-refractivity contribution is -0.173. The van der Waals surface area contributed by atoms with Crippen LogP contribution in [-0.2, 0) is 26.2 Å². The lowest BCUT2D eigenvalue weighted by atomic mass is 9.87. The largest absolute Gasteiger partial charge is 0.382 e. The average molecular weight is 386 g/mol. The van der Waals surface area contributed by atoms with E-state index in [1.54, 1.807) is 7.11 Å². The quantitative estimate of drug-likeness (QED) is 0.386. The first kappa shape index (κ1) is 21.9. The Morgan fingerprint density at radius 3 is 2.11 bits per heavy atom. The molecule has 0 bridgehead atoms. The second kappa shape index (κ2) is 10.2. The maximum Gasteiger partial charge on any atom is 0.272 e. The van der Waals surface area contributed by atoms with Crippen molar-refractivity contribution < 1.29 is 19.5 Å². The smallest absolute Gasteiger partial charge is 0.272 e. The van der Waals surface area contributed by atoms with Gasteiger partial charge < -0.3 is 14.8 Å². The average Bonchev–Trinajstić information content (AvgIpc) is 2.66. The van der Waals surface area contributed by atoms with Crippen molar-refractivity contribution in [2.45, 2.75) is 32.7 Å². The minimum atomic E-state index is -0.489. The van der Waals surface area contributed by atoms with Gasteiger partial charge in [-0.1, -0.05) is 45.0 Å². The molecule has 152 valence electrons. The molecule has 0 fully saturated rings. The first-order valence-corrected chi connectivity index (χ1v) is 9.32. The predicted molar refractivity (Wildman–Crippen MR) is 110 cm³/mol. The number of carbonyl (C=O) groups is 1. The van der Waals surface area contributed by atoms with Gasteiger partial charge in [0.05, 0.1) is 19.8 Å². The number of ether oxygens (including phenoxy) is 2. The molecular weight excluding hydrogens is 356 g/mol. The molecule has 0 heterocycles. The third-order valence-corrected chi connectivity index (χ3v) is 4.27. The number of benzene rings is 2. The van der Waals surface area contributed by atoms with E-state index in [4.69, 9.17) is 9.47 Å². The second-order valence-electron chi connectivity index (χ2n) is 7.65. The van der Waals surface area contributed by atoms with E-state index in [2.05, 4.69) is 50.4 Å². The Bertz CT molecular complexity index is 737. The van der Waals surface area contributed by atoms with Crippen LogP contribution < -0.4 is 5.32 Å². The molecule has 0 saturated heterocycles. The van der Waals surface area contributed by atoms with Gasteiger partial charge in [0, 0.05) is 18.5 Å². The molecule has 1 amide bonds. The van der Waals surface area contributed by atoms with Gasteiger partial charge in [0.2, 0.25) is 0 Å². The van der Waals surface area contributed by atoms with Crippen molar-refractivity contribution in [3.05, 3.63) is 59.7 Å². The molecular formula is C22H30N2O4. The summed E-state index contributed by atoms with van der Waals surface area (Å²) in [5.74, 6) is -0.489. The van der Waals surface area contributed by atoms with Gasteiger partial charge in [0.25, 0.3) is 5.91 Å². The fourth-order valence-corrected chi connectivity index (χ4v) is 2.55. The van der Waals surface area contributed by atoms with E-state index >= 15 is 0 Å². The molecule has 2 aromatic carbocycles. The van der Waals surface area contributed by atoms with E-state index < -0.39 is 5.91 Å². The second-order valence-corrected chi connectivity index (χ2v) is 7.65. The van der Waals surface area contributed by atoms with Gasteiger partial charge in [0.15, 0.2) is 0 Å². The third kappa shape index (κ3) is 6.96. The van der Waals surface area contributed by atoms with Gasteiger partial charge in [-0.25, -0.2) is 5.06 Å². The monoisotopic (exact) mass is 386 g/mol. The summed E-state index contributed by atoms with van der Waals surface area (Å²) in [6.07, 6.45) is 0. The molecule has 0 atom stereocenters. The molecule has 0 aliphatic rings. The van der Waals surface area contributed by atoms with E-state index in [1.165, 1.54) is 5.56 Å². The first-order valence-electron chi connectivity index (χ1n) is 9.32. The number of amides is 1. The van der Waals surface area contributed by atoms with Gasteiger partial charge in [-0.3, -0.25) is 10.0 Å². The molecule has 0 saturated carbocycles. The number of hydrogen-bond acceptors (Lipinski definition) is 5. The fourth-order valence-electron chi connectivity index (χ4n) is 2.55. The molecule has 2 rings (SSSR count). The van der Waals surface area contributed by atoms with Crippen LogP contribution in [-0.4, -0.2) is 43.1 Å². The number of nitrogens with zero attached hydrogens (tertiary/aromatic N) is 1. The van der Waals surface area contributed by atoms with Crippen LogP contribution in [0.1, 0.15) is 31.9 Å². The zero-order chi connectivity index (χ0) is 20.6. The molecule has 28 heavy (non-hydrogen) atoms. The highest BCUT2D eigenvalue weighted by molar-refractivity contribution is 5.76. The fraction of sp³-hybridized carbons (Fsp3) is 0.409. The number of carbonyl (C=O) groups excluding carboxylic acids is 1. The molecule has 0 spiro atoms. The summed E-state index contributed by atoms with van der Waals surface area (Å²) in [5, 5.41) is 13.9. The number of methoxy groups -OCH3 is 1. The predicted octanol–water partition coefficient (Wildman–Crippen LogP) is 4.11. The molecule has 0 aliphatic carbocycles. The Kier molecular flexibility index (Phi) is 7.99. The van der Waals surface area contributed by atoms with Crippen LogP contribution in [0.4, 0.5) is 11.4 Å². The van der Waals surface area contributed by atoms with Crippen molar-refractivity contribution in [3.63, 3.8) is 0 Å². The van der Waals surface area contributed by atoms with Gasteiger partial charge in [0.1, 0.15) is 6.61 Å². The molecule has 2 aromatic rings. The minimum absolute atomic E-state index is 0.104. The van der Waals surface area contributed by atoms with Crippen LogP contribution in [0.5, 0.6) is 0 Å². The van der Waals surface area contributed by atoms with Crippen molar-refractivity contribution in [2.75, 3.05) is 32.2 Å². The summed E-state index contributed by atoms with van der Waals surface area (Å²) in [4.78, 5) is 11.8. The van der Waals surface area contributed by atoms with E-state index in [0.29, 0.717) is 18.3 Å². The van der Waals surface area contributed by atoms with Crippen molar-refractivity contribution >= 4 is 17.3 Å². The Morgan fingerprint density at radius 2 is 1.57 bits per heavy atom.